The van der Waals surface area contributed by atoms with Crippen molar-refractivity contribution in [2.75, 3.05) is 20.3 Å². The number of aliphatic hydroxyl groups excluding tert-OH is 1. The van der Waals surface area contributed by atoms with Gasteiger partial charge in [0.25, 0.3) is 5.91 Å². The highest BCUT2D eigenvalue weighted by molar-refractivity contribution is 6.36. The Hall–Kier alpha value is -3.65. The molecule has 10 nitrogen and oxygen atoms in total. The van der Waals surface area contributed by atoms with Crippen LogP contribution in [-0.4, -0.2) is 55.2 Å². The molecule has 0 spiro atoms. The highest BCUT2D eigenvalue weighted by Crippen LogP contribution is 2.33. The Morgan fingerprint density at radius 2 is 2.08 bits per heavy atom. The molecule has 2 amide bonds. The molecule has 1 unspecified atom stereocenters. The fourth-order valence-corrected chi connectivity index (χ4v) is 3.93. The van der Waals surface area contributed by atoms with Crippen molar-refractivity contribution in [1.29, 1.82) is 5.26 Å². The lowest BCUT2D eigenvalue weighted by molar-refractivity contribution is -0.121. The smallest absolute Gasteiger partial charge is 0.252 e. The fraction of sp³-hybridized carbons (Fsp3) is 0.360. The van der Waals surface area contributed by atoms with Gasteiger partial charge in [-0.3, -0.25) is 14.9 Å². The molecule has 3 rings (SSSR count). The number of ether oxygens (including phenoxy) is 2. The zero-order valence-electron chi connectivity index (χ0n) is 20.0. The van der Waals surface area contributed by atoms with Crippen molar-refractivity contribution >= 4 is 29.1 Å². The van der Waals surface area contributed by atoms with Crippen molar-refractivity contribution < 1.29 is 24.2 Å². The average Bonchev–Trinajstić information content (AvgIpc) is 2.87. The minimum Gasteiger partial charge on any atom is -0.494 e. The van der Waals surface area contributed by atoms with E-state index in [0.717, 1.165) is 0 Å². The standard InChI is InChI=1S/C25H28ClN5O5/c1-15(29-21(32)11-12-36-20-6-4-3-5-16(20)13-27)14-28-25(34)18-8-7-17(24(35-2)23(18)26)19-9-10-22(33)31-30-19/h3-8,15,21,29,32H,9-12,14H2,1-2H3,(H,28,34)(H,31,33)/t15?,21-/m0/s1. The maximum atomic E-state index is 12.8. The number of hydrazone groups is 1. The molecule has 0 radical (unpaired) electrons. The molecule has 1 heterocycles. The quantitative estimate of drug-likeness (QED) is 0.337. The molecule has 11 heteroatoms. The summed E-state index contributed by atoms with van der Waals surface area (Å²) >= 11 is 6.47. The van der Waals surface area contributed by atoms with Gasteiger partial charge in [-0.05, 0) is 31.2 Å². The Labute approximate surface area is 214 Å². The summed E-state index contributed by atoms with van der Waals surface area (Å²) in [4.78, 5) is 24.1. The van der Waals surface area contributed by atoms with Crippen molar-refractivity contribution in [3.63, 3.8) is 0 Å². The van der Waals surface area contributed by atoms with Crippen LogP contribution >= 0.6 is 11.6 Å². The number of para-hydroxylation sites is 1. The summed E-state index contributed by atoms with van der Waals surface area (Å²) < 4.78 is 11.0. The number of rotatable bonds is 11. The number of nitriles is 1. The van der Waals surface area contributed by atoms with Crippen LogP contribution in [0.15, 0.2) is 41.5 Å². The van der Waals surface area contributed by atoms with Crippen molar-refractivity contribution in [1.82, 2.24) is 16.1 Å². The first-order valence-electron chi connectivity index (χ1n) is 11.4. The van der Waals surface area contributed by atoms with Crippen LogP contribution in [0.3, 0.4) is 0 Å². The van der Waals surface area contributed by atoms with E-state index in [1.54, 1.807) is 36.4 Å². The van der Waals surface area contributed by atoms with E-state index in [-0.39, 0.29) is 42.1 Å². The van der Waals surface area contributed by atoms with Gasteiger partial charge < -0.3 is 19.9 Å². The first-order valence-corrected chi connectivity index (χ1v) is 11.8. The van der Waals surface area contributed by atoms with Crippen LogP contribution in [0.1, 0.15) is 47.7 Å². The molecule has 0 saturated carbocycles. The Morgan fingerprint density at radius 3 is 2.78 bits per heavy atom. The summed E-state index contributed by atoms with van der Waals surface area (Å²) in [5.41, 5.74) is 4.32. The number of amides is 2. The third kappa shape index (κ3) is 6.95. The van der Waals surface area contributed by atoms with Gasteiger partial charge in [0.05, 0.1) is 35.6 Å². The predicted octanol–water partition coefficient (Wildman–Crippen LogP) is 2.33. The molecule has 190 valence electrons. The van der Waals surface area contributed by atoms with Gasteiger partial charge in [0.1, 0.15) is 23.8 Å². The SMILES string of the molecule is COc1c(C2=NNC(=O)CC2)ccc(C(=O)NCC(C)N[C@@H](O)CCOc2ccccc2C#N)c1Cl. The molecule has 2 atom stereocenters. The molecular formula is C25H28ClN5O5. The van der Waals surface area contributed by atoms with Gasteiger partial charge in [-0.25, -0.2) is 5.43 Å². The summed E-state index contributed by atoms with van der Waals surface area (Å²) in [7, 11) is 1.45. The molecule has 2 aromatic carbocycles. The lowest BCUT2D eigenvalue weighted by Crippen LogP contribution is -2.44. The van der Waals surface area contributed by atoms with Crippen molar-refractivity contribution in [3.8, 4) is 17.6 Å². The van der Waals surface area contributed by atoms with E-state index in [4.69, 9.17) is 26.3 Å². The predicted molar refractivity (Wildman–Crippen MR) is 134 cm³/mol. The molecule has 1 aliphatic heterocycles. The minimum atomic E-state index is -0.870. The largest absolute Gasteiger partial charge is 0.494 e. The number of benzene rings is 2. The molecule has 4 N–H and O–H groups in total. The number of nitrogens with one attached hydrogen (secondary N) is 3. The van der Waals surface area contributed by atoms with E-state index in [1.807, 2.05) is 6.92 Å². The third-order valence-electron chi connectivity index (χ3n) is 5.46. The van der Waals surface area contributed by atoms with E-state index in [1.165, 1.54) is 7.11 Å². The van der Waals surface area contributed by atoms with Crippen molar-refractivity contribution in [2.24, 2.45) is 5.10 Å². The Morgan fingerprint density at radius 1 is 1.31 bits per heavy atom. The lowest BCUT2D eigenvalue weighted by atomic mass is 10.0. The second-order valence-electron chi connectivity index (χ2n) is 8.14. The summed E-state index contributed by atoms with van der Waals surface area (Å²) in [5.74, 6) is 0.206. The van der Waals surface area contributed by atoms with Crippen molar-refractivity contribution in [2.45, 2.75) is 38.5 Å². The Kier molecular flexibility index (Phi) is 9.64. The number of carbonyl (C=O) groups is 2. The molecule has 2 aromatic rings. The van der Waals surface area contributed by atoms with Gasteiger partial charge in [-0.1, -0.05) is 23.7 Å². The number of halogens is 1. The van der Waals surface area contributed by atoms with Crippen LogP contribution in [0.2, 0.25) is 5.02 Å². The number of hydrogen-bond acceptors (Lipinski definition) is 8. The molecule has 0 bridgehead atoms. The van der Waals surface area contributed by atoms with Crippen LogP contribution in [0.5, 0.6) is 11.5 Å². The van der Waals surface area contributed by atoms with Gasteiger partial charge in [-0.2, -0.15) is 10.4 Å². The van der Waals surface area contributed by atoms with E-state index >= 15 is 0 Å². The number of nitrogens with zero attached hydrogens (tertiary/aromatic N) is 2. The third-order valence-corrected chi connectivity index (χ3v) is 5.84. The highest BCUT2D eigenvalue weighted by atomic mass is 35.5. The van der Waals surface area contributed by atoms with Crippen LogP contribution in [0, 0.1) is 11.3 Å². The monoisotopic (exact) mass is 513 g/mol. The Balaban J connectivity index is 1.51. The van der Waals surface area contributed by atoms with Crippen LogP contribution in [-0.2, 0) is 4.79 Å². The second-order valence-corrected chi connectivity index (χ2v) is 8.52. The topological polar surface area (TPSA) is 145 Å². The van der Waals surface area contributed by atoms with E-state index < -0.39 is 12.1 Å². The van der Waals surface area contributed by atoms with Crippen LogP contribution in [0.25, 0.3) is 0 Å². The zero-order chi connectivity index (χ0) is 26.1. The van der Waals surface area contributed by atoms with Gasteiger partial charge in [0.15, 0.2) is 0 Å². The first kappa shape index (κ1) is 26.9. The number of carbonyl (C=O) groups excluding carboxylic acids is 2. The molecule has 1 aliphatic rings. The summed E-state index contributed by atoms with van der Waals surface area (Å²) in [6, 6.07) is 12.0. The number of methoxy groups -OCH3 is 1. The van der Waals surface area contributed by atoms with Crippen LogP contribution in [0.4, 0.5) is 0 Å². The van der Waals surface area contributed by atoms with E-state index in [0.29, 0.717) is 41.2 Å². The average molecular weight is 514 g/mol. The molecule has 36 heavy (non-hydrogen) atoms. The number of hydrogen-bond donors (Lipinski definition) is 4. The molecule has 0 aromatic heterocycles. The first-order chi connectivity index (χ1) is 17.3. The lowest BCUT2D eigenvalue weighted by Gasteiger charge is -2.20. The maximum Gasteiger partial charge on any atom is 0.252 e. The van der Waals surface area contributed by atoms with E-state index in [9.17, 15) is 14.7 Å². The normalized spacial score (nSPS) is 14.6. The van der Waals surface area contributed by atoms with Crippen LogP contribution < -0.4 is 25.5 Å². The van der Waals surface area contributed by atoms with Gasteiger partial charge in [0, 0.05) is 37.4 Å². The van der Waals surface area contributed by atoms with Crippen molar-refractivity contribution in [3.05, 3.63) is 58.1 Å². The van der Waals surface area contributed by atoms with Gasteiger partial charge in [-0.15, -0.1) is 0 Å². The summed E-state index contributed by atoms with van der Waals surface area (Å²) in [6.45, 7) is 2.26. The molecule has 0 fully saturated rings. The minimum absolute atomic E-state index is 0.141. The zero-order valence-corrected chi connectivity index (χ0v) is 20.8. The maximum absolute atomic E-state index is 12.8. The molecule has 0 saturated heterocycles. The fourth-order valence-electron chi connectivity index (χ4n) is 3.60. The van der Waals surface area contributed by atoms with Gasteiger partial charge >= 0.3 is 0 Å². The molecule has 0 aliphatic carbocycles. The summed E-state index contributed by atoms with van der Waals surface area (Å²) in [6.07, 6.45) is 0.154. The Bertz CT molecular complexity index is 1180. The highest BCUT2D eigenvalue weighted by Gasteiger charge is 2.23. The number of aliphatic hydroxyl groups is 1. The van der Waals surface area contributed by atoms with Gasteiger partial charge in [0.2, 0.25) is 5.91 Å². The van der Waals surface area contributed by atoms with E-state index in [2.05, 4.69) is 27.2 Å². The second kappa shape index (κ2) is 12.9. The molecular weight excluding hydrogens is 486 g/mol. The summed E-state index contributed by atoms with van der Waals surface area (Å²) in [5, 5.41) is 29.3.